The number of H-pyrrole nitrogens is 2. The lowest BCUT2D eigenvalue weighted by Gasteiger charge is -2.13. The second-order valence-electron chi connectivity index (χ2n) is 11.2. The van der Waals surface area contributed by atoms with Crippen molar-refractivity contribution in [3.8, 4) is 33.6 Å². The van der Waals surface area contributed by atoms with E-state index in [-0.39, 0.29) is 17.6 Å². The van der Waals surface area contributed by atoms with E-state index in [0.29, 0.717) is 23.6 Å². The quantitative estimate of drug-likeness (QED) is 0.155. The summed E-state index contributed by atoms with van der Waals surface area (Å²) in [6.07, 6.45) is 5.13. The summed E-state index contributed by atoms with van der Waals surface area (Å²) in [7, 11) is 4.01. The van der Waals surface area contributed by atoms with Crippen LogP contribution < -0.4 is 10.6 Å². The number of pyridine rings is 2. The van der Waals surface area contributed by atoms with Crippen LogP contribution in [0, 0.1) is 11.7 Å². The second-order valence-corrected chi connectivity index (χ2v) is 11.2. The molecule has 43 heavy (non-hydrogen) atoms. The fourth-order valence-electron chi connectivity index (χ4n) is 5.02. The van der Waals surface area contributed by atoms with E-state index in [4.69, 9.17) is 0 Å². The van der Waals surface area contributed by atoms with Crippen molar-refractivity contribution in [1.82, 2.24) is 30.0 Å². The molecule has 4 N–H and O–H groups in total. The first kappa shape index (κ1) is 28.0. The Hall–Kier alpha value is -5.09. The van der Waals surface area contributed by atoms with E-state index in [1.807, 2.05) is 70.4 Å². The minimum Gasteiger partial charge on any atom is -0.384 e. The van der Waals surface area contributed by atoms with Crippen LogP contribution in [0.15, 0.2) is 73.2 Å². The third-order valence-electron chi connectivity index (χ3n) is 7.30. The molecule has 0 saturated heterocycles. The fraction of sp³-hybridized carbons (Fsp3) is 0.212. The summed E-state index contributed by atoms with van der Waals surface area (Å²) in [5.74, 6) is -0.505. The van der Waals surface area contributed by atoms with Crippen molar-refractivity contribution in [3.63, 3.8) is 0 Å². The molecule has 0 atom stereocenters. The van der Waals surface area contributed by atoms with Crippen LogP contribution in [0.1, 0.15) is 13.8 Å². The number of halogens is 1. The fourth-order valence-corrected chi connectivity index (χ4v) is 5.02. The molecule has 2 aromatic carbocycles. The molecular formula is C33H33FN8O. The van der Waals surface area contributed by atoms with Gasteiger partial charge in [-0.3, -0.25) is 14.9 Å². The second kappa shape index (κ2) is 11.7. The molecule has 0 spiro atoms. The van der Waals surface area contributed by atoms with Gasteiger partial charge in [-0.1, -0.05) is 26.0 Å². The third-order valence-corrected chi connectivity index (χ3v) is 7.30. The number of carbonyl (C=O) groups excluding carboxylic acids is 1. The van der Waals surface area contributed by atoms with Gasteiger partial charge in [0.15, 0.2) is 5.65 Å². The van der Waals surface area contributed by atoms with Crippen LogP contribution in [0.25, 0.3) is 55.6 Å². The highest BCUT2D eigenvalue weighted by Gasteiger charge is 2.16. The van der Waals surface area contributed by atoms with Crippen LogP contribution in [0.2, 0.25) is 0 Å². The molecule has 218 valence electrons. The molecule has 9 nitrogen and oxygen atoms in total. The van der Waals surface area contributed by atoms with Gasteiger partial charge in [0, 0.05) is 64.5 Å². The molecular weight excluding hydrogens is 543 g/mol. The van der Waals surface area contributed by atoms with Gasteiger partial charge >= 0.3 is 0 Å². The largest absolute Gasteiger partial charge is 0.384 e. The van der Waals surface area contributed by atoms with Crippen LogP contribution in [0.5, 0.6) is 0 Å². The van der Waals surface area contributed by atoms with E-state index < -0.39 is 0 Å². The van der Waals surface area contributed by atoms with Gasteiger partial charge in [-0.25, -0.2) is 9.37 Å². The maximum absolute atomic E-state index is 14.7. The molecule has 0 radical (unpaired) electrons. The van der Waals surface area contributed by atoms with Crippen molar-refractivity contribution in [2.45, 2.75) is 13.8 Å². The van der Waals surface area contributed by atoms with E-state index in [2.05, 4.69) is 40.7 Å². The lowest BCUT2D eigenvalue weighted by Crippen LogP contribution is -2.20. The third kappa shape index (κ3) is 5.96. The van der Waals surface area contributed by atoms with Gasteiger partial charge in [-0.2, -0.15) is 5.10 Å². The predicted octanol–water partition coefficient (Wildman–Crippen LogP) is 6.54. The normalized spacial score (nSPS) is 11.6. The van der Waals surface area contributed by atoms with E-state index in [1.54, 1.807) is 24.7 Å². The molecule has 10 heteroatoms. The summed E-state index contributed by atoms with van der Waals surface area (Å²) in [6, 6.07) is 17.0. The molecule has 0 aliphatic carbocycles. The summed E-state index contributed by atoms with van der Waals surface area (Å²) in [4.78, 5) is 26.7. The smallest absolute Gasteiger partial charge is 0.226 e. The maximum atomic E-state index is 14.7. The van der Waals surface area contributed by atoms with Crippen molar-refractivity contribution in [3.05, 3.63) is 79.0 Å². The zero-order valence-electron chi connectivity index (χ0n) is 24.5. The number of rotatable bonds is 9. The molecule has 1 amide bonds. The number of aromatic nitrogens is 5. The zero-order chi connectivity index (χ0) is 30.1. The standard InChI is InChI=1S/C33H33FN8O/c1-19(2)33(43)38-25-12-21(16-35-18-25)22-13-28-31(40-41-32(28)37-17-22)30-15-27-26(6-5-7-29(27)39-30)20-10-23(34)14-24(11-20)36-8-9-42(3)4/h5-7,10-19,36,39H,8-9H2,1-4H3,(H,38,43)(H,37,40,41). The number of amides is 1. The molecule has 6 aromatic rings. The number of likely N-dealkylation sites (N-methyl/N-ethyl adjacent to an activating group) is 1. The molecule has 0 unspecified atom stereocenters. The van der Waals surface area contributed by atoms with Crippen LogP contribution in [0.4, 0.5) is 15.8 Å². The minimum absolute atomic E-state index is 0.0714. The lowest BCUT2D eigenvalue weighted by atomic mass is 10.0. The van der Waals surface area contributed by atoms with Crippen LogP contribution >= 0.6 is 0 Å². The van der Waals surface area contributed by atoms with E-state index in [0.717, 1.165) is 56.5 Å². The minimum atomic E-state index is -0.295. The predicted molar refractivity (Wildman–Crippen MR) is 170 cm³/mol. The van der Waals surface area contributed by atoms with Gasteiger partial charge < -0.3 is 20.5 Å². The van der Waals surface area contributed by atoms with Crippen molar-refractivity contribution in [2.75, 3.05) is 37.8 Å². The number of carbonyl (C=O) groups is 1. The summed E-state index contributed by atoms with van der Waals surface area (Å²) in [5.41, 5.74) is 7.82. The first-order valence-corrected chi connectivity index (χ1v) is 14.2. The molecule has 6 rings (SSSR count). The van der Waals surface area contributed by atoms with Gasteiger partial charge in [0.2, 0.25) is 5.91 Å². The summed E-state index contributed by atoms with van der Waals surface area (Å²) in [6.45, 7) is 5.24. The number of hydrogen-bond donors (Lipinski definition) is 4. The Labute approximate surface area is 248 Å². The Morgan fingerprint density at radius 2 is 1.77 bits per heavy atom. The average Bonchev–Trinajstić information content (AvgIpc) is 3.60. The average molecular weight is 577 g/mol. The van der Waals surface area contributed by atoms with E-state index in [1.165, 1.54) is 6.07 Å². The number of anilines is 2. The van der Waals surface area contributed by atoms with Gasteiger partial charge in [0.05, 0.1) is 17.6 Å². The highest BCUT2D eigenvalue weighted by atomic mass is 19.1. The first-order chi connectivity index (χ1) is 20.7. The number of aromatic amines is 2. The Morgan fingerprint density at radius 3 is 2.58 bits per heavy atom. The van der Waals surface area contributed by atoms with Crippen LogP contribution in [-0.2, 0) is 4.79 Å². The van der Waals surface area contributed by atoms with E-state index in [9.17, 15) is 9.18 Å². The Kier molecular flexibility index (Phi) is 7.60. The van der Waals surface area contributed by atoms with Crippen molar-refractivity contribution >= 4 is 39.2 Å². The number of nitrogens with zero attached hydrogens (tertiary/aromatic N) is 4. The van der Waals surface area contributed by atoms with Gasteiger partial charge in [-0.05, 0) is 67.7 Å². The molecule has 0 aliphatic heterocycles. The lowest BCUT2D eigenvalue weighted by molar-refractivity contribution is -0.118. The summed E-state index contributed by atoms with van der Waals surface area (Å²) >= 11 is 0. The molecule has 0 saturated carbocycles. The number of benzene rings is 2. The van der Waals surface area contributed by atoms with Gasteiger partial charge in [0.1, 0.15) is 11.5 Å². The molecule has 0 fully saturated rings. The Bertz CT molecular complexity index is 1940. The molecule has 4 heterocycles. The first-order valence-electron chi connectivity index (χ1n) is 14.2. The Balaban J connectivity index is 1.36. The zero-order valence-corrected chi connectivity index (χ0v) is 24.5. The Morgan fingerprint density at radius 1 is 0.953 bits per heavy atom. The topological polar surface area (TPSA) is 115 Å². The van der Waals surface area contributed by atoms with Crippen molar-refractivity contribution < 1.29 is 9.18 Å². The van der Waals surface area contributed by atoms with Gasteiger partial charge in [-0.15, -0.1) is 0 Å². The van der Waals surface area contributed by atoms with E-state index >= 15 is 0 Å². The highest BCUT2D eigenvalue weighted by Crippen LogP contribution is 2.36. The summed E-state index contributed by atoms with van der Waals surface area (Å²) < 4.78 is 14.7. The molecule has 0 aliphatic rings. The number of fused-ring (bicyclic) bond motifs is 2. The van der Waals surface area contributed by atoms with Crippen molar-refractivity contribution in [1.29, 1.82) is 0 Å². The monoisotopic (exact) mass is 576 g/mol. The molecule has 0 bridgehead atoms. The highest BCUT2D eigenvalue weighted by molar-refractivity contribution is 6.01. The van der Waals surface area contributed by atoms with Crippen LogP contribution in [-0.4, -0.2) is 63.1 Å². The SMILES string of the molecule is CC(C)C(=O)Nc1cncc(-c2cnc3[nH]nc(-c4cc5c(-c6cc(F)cc(NCCN(C)C)c6)cccc5[nH]4)c3c2)c1. The maximum Gasteiger partial charge on any atom is 0.226 e. The number of hydrogen-bond acceptors (Lipinski definition) is 6. The summed E-state index contributed by atoms with van der Waals surface area (Å²) in [5, 5.41) is 15.6. The molecule has 4 aromatic heterocycles. The number of nitrogens with one attached hydrogen (secondary N) is 4. The van der Waals surface area contributed by atoms with Crippen LogP contribution in [0.3, 0.4) is 0 Å². The van der Waals surface area contributed by atoms with Crippen molar-refractivity contribution in [2.24, 2.45) is 5.92 Å². The van der Waals surface area contributed by atoms with Gasteiger partial charge in [0.25, 0.3) is 0 Å².